The summed E-state index contributed by atoms with van der Waals surface area (Å²) >= 11 is 1.91. The van der Waals surface area contributed by atoms with Crippen LogP contribution in [0.2, 0.25) is 0 Å². The van der Waals surface area contributed by atoms with Gasteiger partial charge in [-0.1, -0.05) is 6.92 Å². The van der Waals surface area contributed by atoms with Gasteiger partial charge in [0.05, 0.1) is 0 Å². The molecule has 2 N–H and O–H groups in total. The Morgan fingerprint density at radius 3 is 2.84 bits per heavy atom. The molecule has 2 aliphatic rings. The summed E-state index contributed by atoms with van der Waals surface area (Å²) in [5.41, 5.74) is 1.53. The lowest BCUT2D eigenvalue weighted by Gasteiger charge is -2.33. The van der Waals surface area contributed by atoms with Crippen LogP contribution < -0.4 is 10.6 Å². The number of nitrogens with zero attached hydrogens (tertiary/aromatic N) is 3. The van der Waals surface area contributed by atoms with Gasteiger partial charge in [0.25, 0.3) is 0 Å². The molecule has 25 heavy (non-hydrogen) atoms. The van der Waals surface area contributed by atoms with Crippen LogP contribution in [-0.2, 0) is 13.0 Å². The average Bonchev–Trinajstić information content (AvgIpc) is 3.10. The highest BCUT2D eigenvalue weighted by Crippen LogP contribution is 2.23. The second-order valence-electron chi connectivity index (χ2n) is 7.15. The highest BCUT2D eigenvalue weighted by Gasteiger charge is 2.20. The average molecular weight is 364 g/mol. The summed E-state index contributed by atoms with van der Waals surface area (Å²) in [5, 5.41) is 9.34. The number of guanidine groups is 1. The number of aliphatic imine (C=N–C) groups is 1. The van der Waals surface area contributed by atoms with Gasteiger partial charge in [0.1, 0.15) is 0 Å². The molecule has 0 bridgehead atoms. The van der Waals surface area contributed by atoms with Gasteiger partial charge in [-0.25, -0.2) is 0 Å². The Balaban J connectivity index is 1.35. The molecule has 140 valence electrons. The first kappa shape index (κ1) is 18.7. The van der Waals surface area contributed by atoms with Crippen molar-refractivity contribution in [3.63, 3.8) is 0 Å². The molecule has 0 saturated carbocycles. The van der Waals surface area contributed by atoms with Crippen LogP contribution in [-0.4, -0.2) is 68.1 Å². The number of nitrogens with one attached hydrogen (secondary N) is 2. The molecular weight excluding hydrogens is 330 g/mol. The SMILES string of the molecule is CCCN1CCC(NC(=NC)NCCN2CCc3sccc3C2)CC1. The maximum absolute atomic E-state index is 4.41. The van der Waals surface area contributed by atoms with Crippen molar-refractivity contribution in [3.05, 3.63) is 21.9 Å². The van der Waals surface area contributed by atoms with Gasteiger partial charge in [-0.2, -0.15) is 0 Å². The molecule has 0 spiro atoms. The topological polar surface area (TPSA) is 42.9 Å². The van der Waals surface area contributed by atoms with Gasteiger partial charge in [-0.3, -0.25) is 9.89 Å². The largest absolute Gasteiger partial charge is 0.355 e. The Bertz CT molecular complexity index is 548. The highest BCUT2D eigenvalue weighted by atomic mass is 32.1. The maximum Gasteiger partial charge on any atom is 0.191 e. The molecule has 1 aromatic rings. The van der Waals surface area contributed by atoms with Crippen LogP contribution in [0.3, 0.4) is 0 Å². The van der Waals surface area contributed by atoms with Crippen molar-refractivity contribution in [1.29, 1.82) is 0 Å². The van der Waals surface area contributed by atoms with Crippen LogP contribution >= 0.6 is 11.3 Å². The summed E-state index contributed by atoms with van der Waals surface area (Å²) in [5.74, 6) is 0.960. The summed E-state index contributed by atoms with van der Waals surface area (Å²) in [6.45, 7) is 10.2. The Morgan fingerprint density at radius 1 is 1.24 bits per heavy atom. The molecule has 0 atom stereocenters. The summed E-state index contributed by atoms with van der Waals surface area (Å²) in [6.07, 6.45) is 4.89. The van der Waals surface area contributed by atoms with E-state index >= 15 is 0 Å². The van der Waals surface area contributed by atoms with E-state index in [1.807, 2.05) is 18.4 Å². The minimum atomic E-state index is 0.558. The molecule has 0 amide bonds. The van der Waals surface area contributed by atoms with E-state index in [1.54, 1.807) is 4.88 Å². The van der Waals surface area contributed by atoms with E-state index in [1.165, 1.54) is 57.4 Å². The van der Waals surface area contributed by atoms with Crippen molar-refractivity contribution < 1.29 is 0 Å². The molecule has 0 aromatic carbocycles. The molecule has 1 aromatic heterocycles. The van der Waals surface area contributed by atoms with Crippen LogP contribution in [0.4, 0.5) is 0 Å². The van der Waals surface area contributed by atoms with Crippen molar-refractivity contribution in [2.24, 2.45) is 4.99 Å². The lowest BCUT2D eigenvalue weighted by atomic mass is 10.1. The molecule has 1 fully saturated rings. The predicted molar refractivity (Wildman–Crippen MR) is 108 cm³/mol. The first-order valence-electron chi connectivity index (χ1n) is 9.75. The van der Waals surface area contributed by atoms with Gasteiger partial charge in [0.15, 0.2) is 5.96 Å². The Hall–Kier alpha value is -1.11. The summed E-state index contributed by atoms with van der Waals surface area (Å²) in [6, 6.07) is 2.84. The monoisotopic (exact) mass is 363 g/mol. The zero-order chi connectivity index (χ0) is 17.5. The van der Waals surface area contributed by atoms with Crippen molar-refractivity contribution in [3.8, 4) is 0 Å². The second kappa shape index (κ2) is 9.55. The molecule has 0 unspecified atom stereocenters. The normalized spacial score (nSPS) is 20.5. The molecule has 2 aliphatic heterocycles. The second-order valence-corrected chi connectivity index (χ2v) is 8.16. The van der Waals surface area contributed by atoms with Crippen LogP contribution in [0, 0.1) is 0 Å². The standard InChI is InChI=1S/C19H33N5S/c1-3-9-23-10-4-17(5-11-23)22-19(20-2)21-8-13-24-12-6-18-16(15-24)7-14-25-18/h7,14,17H,3-6,8-13,15H2,1-2H3,(H2,20,21,22). The molecule has 3 heterocycles. The van der Waals surface area contributed by atoms with Crippen molar-refractivity contribution >= 4 is 17.3 Å². The van der Waals surface area contributed by atoms with Crippen molar-refractivity contribution in [1.82, 2.24) is 20.4 Å². The number of rotatable bonds is 6. The van der Waals surface area contributed by atoms with Gasteiger partial charge in [-0.15, -0.1) is 11.3 Å². The predicted octanol–water partition coefficient (Wildman–Crippen LogP) is 2.15. The zero-order valence-corrected chi connectivity index (χ0v) is 16.6. The maximum atomic E-state index is 4.41. The molecule has 5 nitrogen and oxygen atoms in total. The third kappa shape index (κ3) is 5.43. The molecule has 3 rings (SSSR count). The summed E-state index contributed by atoms with van der Waals surface area (Å²) < 4.78 is 0. The van der Waals surface area contributed by atoms with Crippen molar-refractivity contribution in [2.75, 3.05) is 46.3 Å². The van der Waals surface area contributed by atoms with Gasteiger partial charge in [-0.05, 0) is 49.2 Å². The number of likely N-dealkylation sites (tertiary alicyclic amines) is 1. The summed E-state index contributed by atoms with van der Waals surface area (Å²) in [7, 11) is 1.88. The minimum Gasteiger partial charge on any atom is -0.355 e. The molecular formula is C19H33N5S. The van der Waals surface area contributed by atoms with E-state index in [0.717, 1.165) is 25.6 Å². The van der Waals surface area contributed by atoms with Gasteiger partial charge in [0.2, 0.25) is 0 Å². The lowest BCUT2D eigenvalue weighted by Crippen LogP contribution is -2.50. The van der Waals surface area contributed by atoms with E-state index in [4.69, 9.17) is 0 Å². The van der Waals surface area contributed by atoms with E-state index in [-0.39, 0.29) is 0 Å². The number of thiophene rings is 1. The third-order valence-electron chi connectivity index (χ3n) is 5.30. The quantitative estimate of drug-likeness (QED) is 0.600. The van der Waals surface area contributed by atoms with E-state index < -0.39 is 0 Å². The zero-order valence-electron chi connectivity index (χ0n) is 15.8. The molecule has 1 saturated heterocycles. The first-order chi connectivity index (χ1) is 12.3. The minimum absolute atomic E-state index is 0.558. The number of piperidine rings is 1. The number of hydrogen-bond acceptors (Lipinski definition) is 4. The van der Waals surface area contributed by atoms with E-state index in [2.05, 4.69) is 43.8 Å². The van der Waals surface area contributed by atoms with E-state index in [9.17, 15) is 0 Å². The summed E-state index contributed by atoms with van der Waals surface area (Å²) in [4.78, 5) is 11.1. The molecule has 0 aliphatic carbocycles. The fourth-order valence-corrected chi connectivity index (χ4v) is 4.72. The highest BCUT2D eigenvalue weighted by molar-refractivity contribution is 7.10. The van der Waals surface area contributed by atoms with Crippen molar-refractivity contribution in [2.45, 2.75) is 45.2 Å². The fourth-order valence-electron chi connectivity index (χ4n) is 3.84. The molecule has 6 heteroatoms. The van der Waals surface area contributed by atoms with Gasteiger partial charge < -0.3 is 15.5 Å². The van der Waals surface area contributed by atoms with E-state index in [0.29, 0.717) is 6.04 Å². The van der Waals surface area contributed by atoms with Gasteiger partial charge in [0, 0.05) is 57.2 Å². The fraction of sp³-hybridized carbons (Fsp3) is 0.737. The number of hydrogen-bond donors (Lipinski definition) is 2. The van der Waals surface area contributed by atoms with Gasteiger partial charge >= 0.3 is 0 Å². The van der Waals surface area contributed by atoms with Crippen LogP contribution in [0.5, 0.6) is 0 Å². The van der Waals surface area contributed by atoms with Crippen LogP contribution in [0.25, 0.3) is 0 Å². The van der Waals surface area contributed by atoms with Crippen LogP contribution in [0.15, 0.2) is 16.4 Å². The Labute approximate surface area is 156 Å². The molecule has 0 radical (unpaired) electrons. The number of fused-ring (bicyclic) bond motifs is 1. The Kier molecular flexibility index (Phi) is 7.13. The Morgan fingerprint density at radius 2 is 2.08 bits per heavy atom. The smallest absolute Gasteiger partial charge is 0.191 e. The third-order valence-corrected chi connectivity index (χ3v) is 6.32. The lowest BCUT2D eigenvalue weighted by molar-refractivity contribution is 0.206. The first-order valence-corrected chi connectivity index (χ1v) is 10.6. The van der Waals surface area contributed by atoms with Crippen LogP contribution in [0.1, 0.15) is 36.6 Å².